The lowest BCUT2D eigenvalue weighted by atomic mass is 10.0. The molecule has 0 bridgehead atoms. The summed E-state index contributed by atoms with van der Waals surface area (Å²) >= 11 is 12.7. The first-order valence-corrected chi connectivity index (χ1v) is 16.2. The maximum Gasteiger partial charge on any atom is 0.326 e. The van der Waals surface area contributed by atoms with Crippen LogP contribution in [0.5, 0.6) is 5.75 Å². The molecule has 0 radical (unpaired) electrons. The van der Waals surface area contributed by atoms with E-state index in [0.29, 0.717) is 22.6 Å². The highest BCUT2D eigenvalue weighted by molar-refractivity contribution is 7.90. The molecule has 0 saturated carbocycles. The Morgan fingerprint density at radius 3 is 2.26 bits per heavy atom. The summed E-state index contributed by atoms with van der Waals surface area (Å²) in [5, 5.41) is 22.2. The highest BCUT2D eigenvalue weighted by Crippen LogP contribution is 2.46. The third kappa shape index (κ3) is 7.73. The highest BCUT2D eigenvalue weighted by atomic mass is 35.5. The predicted octanol–water partition coefficient (Wildman–Crippen LogP) is 5.21. The van der Waals surface area contributed by atoms with Crippen LogP contribution in [-0.2, 0) is 25.6 Å². The summed E-state index contributed by atoms with van der Waals surface area (Å²) in [6.07, 6.45) is 2.72. The largest absolute Gasteiger partial charge is 0.508 e. The molecule has 3 N–H and O–H groups in total. The molecule has 0 aliphatic rings. The zero-order valence-electron chi connectivity index (χ0n) is 21.0. The van der Waals surface area contributed by atoms with Crippen LogP contribution in [0.15, 0.2) is 71.4 Å². The van der Waals surface area contributed by atoms with Gasteiger partial charge in [-0.1, -0.05) is 60.5 Å². The van der Waals surface area contributed by atoms with Crippen molar-refractivity contribution in [2.45, 2.75) is 24.3 Å². The molecule has 1 unspecified atom stereocenters. The van der Waals surface area contributed by atoms with Gasteiger partial charge in [-0.2, -0.15) is 0 Å². The molecule has 1 amide bonds. The van der Waals surface area contributed by atoms with E-state index in [1.165, 1.54) is 48.3 Å². The Morgan fingerprint density at radius 1 is 1.05 bits per heavy atom. The van der Waals surface area contributed by atoms with Crippen molar-refractivity contribution < 1.29 is 32.8 Å². The molecule has 0 spiro atoms. The molecule has 206 valence electrons. The number of carboxylic acid groups (broad SMARTS) is 1. The Bertz CT molecular complexity index is 1580. The fourth-order valence-electron chi connectivity index (χ4n) is 3.78. The molecule has 3 rings (SSSR count). The molecule has 0 heterocycles. The third-order valence-corrected chi connectivity index (χ3v) is 10.3. The minimum absolute atomic E-state index is 0.00112. The zero-order chi connectivity index (χ0) is 29.0. The highest BCUT2D eigenvalue weighted by Gasteiger charge is 2.25. The number of aliphatic carboxylic acids is 1. The van der Waals surface area contributed by atoms with Gasteiger partial charge in [0, 0.05) is 24.1 Å². The number of sulfone groups is 1. The second-order valence-electron chi connectivity index (χ2n) is 8.79. The normalized spacial score (nSPS) is 14.1. The number of carbonyl (C=O) groups excluding carboxylic acids is 1. The van der Waals surface area contributed by atoms with Gasteiger partial charge in [0.1, 0.15) is 18.9 Å². The summed E-state index contributed by atoms with van der Waals surface area (Å²) in [7, 11) is -6.49. The topological polar surface area (TPSA) is 138 Å². The van der Waals surface area contributed by atoms with Gasteiger partial charge in [0.2, 0.25) is 0 Å². The van der Waals surface area contributed by atoms with Gasteiger partial charge >= 0.3 is 5.97 Å². The number of rotatable bonds is 10. The van der Waals surface area contributed by atoms with Crippen LogP contribution in [0.25, 0.3) is 6.08 Å². The quantitative estimate of drug-likeness (QED) is 0.268. The smallest absolute Gasteiger partial charge is 0.326 e. The number of hydrogen-bond acceptors (Lipinski definition) is 6. The number of benzene rings is 3. The number of carboxylic acids is 1. The van der Waals surface area contributed by atoms with E-state index in [4.69, 9.17) is 23.2 Å². The summed E-state index contributed by atoms with van der Waals surface area (Å²) in [6.45, 7) is 1.76. The second-order valence-corrected chi connectivity index (χ2v) is 14.7. The first kappa shape index (κ1) is 30.4. The molecule has 39 heavy (non-hydrogen) atoms. The van der Waals surface area contributed by atoms with Crippen molar-refractivity contribution >= 4 is 63.4 Å². The number of hydrogen-bond donors (Lipinski definition) is 3. The summed E-state index contributed by atoms with van der Waals surface area (Å²) < 4.78 is 37.1. The van der Waals surface area contributed by atoms with Crippen molar-refractivity contribution in [1.29, 1.82) is 0 Å². The van der Waals surface area contributed by atoms with E-state index in [1.54, 1.807) is 31.2 Å². The lowest BCUT2D eigenvalue weighted by Gasteiger charge is -2.17. The van der Waals surface area contributed by atoms with Crippen LogP contribution in [0.2, 0.25) is 10.0 Å². The van der Waals surface area contributed by atoms with Crippen LogP contribution >= 0.6 is 30.3 Å². The van der Waals surface area contributed by atoms with Crippen molar-refractivity contribution in [3.05, 3.63) is 93.2 Å². The molecule has 3 aromatic rings. The Labute approximate surface area is 236 Å². The molecule has 12 heteroatoms. The maximum absolute atomic E-state index is 13.4. The molecular weight excluding hydrogens is 584 g/mol. The molecule has 0 aliphatic carbocycles. The molecule has 0 fully saturated rings. The van der Waals surface area contributed by atoms with E-state index in [2.05, 4.69) is 5.32 Å². The van der Waals surface area contributed by atoms with E-state index in [0.717, 1.165) is 6.26 Å². The van der Waals surface area contributed by atoms with Gasteiger partial charge in [0.05, 0.1) is 20.5 Å². The van der Waals surface area contributed by atoms with Crippen LogP contribution < -0.4 is 10.6 Å². The molecule has 0 aliphatic heterocycles. The first-order valence-electron chi connectivity index (χ1n) is 11.6. The second kappa shape index (κ2) is 12.4. The van der Waals surface area contributed by atoms with Gasteiger partial charge in [-0.05, 0) is 53.3 Å². The minimum atomic E-state index is -3.50. The standard InChI is InChI=1S/C27H26Cl2NO7PS/c1-3-38(35,20-8-5-7-19(31)16-20)11-10-18-13-22(28)25(23(29)14-18)26(32)30-24(27(33)34)15-17-6-4-9-21(12-17)39(2,36)37/h4-14,16,24,31H,3,15H2,1-2H3,(H,30,32)(H,33,34)/b11-10+/t24-,38?/m0/s1. The number of nitrogens with one attached hydrogen (secondary N) is 1. The molecule has 8 nitrogen and oxygen atoms in total. The van der Waals surface area contributed by atoms with Gasteiger partial charge in [-0.3, -0.25) is 4.79 Å². The van der Waals surface area contributed by atoms with Crippen LogP contribution in [0, 0.1) is 0 Å². The number of phenolic OH excluding ortho intramolecular Hbond substituents is 1. The number of phenols is 1. The third-order valence-electron chi connectivity index (χ3n) is 5.91. The SMILES string of the molecule is CCP(=O)(/C=C/c1cc(Cl)c(C(=O)N[C@@H](Cc2cccc(S(C)(=O)=O)c2)C(=O)O)c(Cl)c1)c1cccc(O)c1. The average Bonchev–Trinajstić information content (AvgIpc) is 2.86. The van der Waals surface area contributed by atoms with Crippen LogP contribution in [0.3, 0.4) is 0 Å². The molecule has 0 aromatic heterocycles. The van der Waals surface area contributed by atoms with E-state index >= 15 is 0 Å². The fourth-order valence-corrected chi connectivity index (χ4v) is 7.00. The Morgan fingerprint density at radius 2 is 1.69 bits per heavy atom. The summed E-state index contributed by atoms with van der Waals surface area (Å²) in [5.41, 5.74) is 0.719. The van der Waals surface area contributed by atoms with E-state index < -0.39 is 34.9 Å². The number of amides is 1. The number of carbonyl (C=O) groups is 2. The van der Waals surface area contributed by atoms with Gasteiger partial charge in [-0.25, -0.2) is 13.2 Å². The van der Waals surface area contributed by atoms with Crippen molar-refractivity contribution in [3.63, 3.8) is 0 Å². The van der Waals surface area contributed by atoms with Crippen molar-refractivity contribution in [3.8, 4) is 5.75 Å². The predicted molar refractivity (Wildman–Crippen MR) is 154 cm³/mol. The van der Waals surface area contributed by atoms with Gasteiger partial charge in [0.15, 0.2) is 9.84 Å². The number of aromatic hydroxyl groups is 1. The molecule has 3 aromatic carbocycles. The van der Waals surface area contributed by atoms with E-state index in [9.17, 15) is 32.8 Å². The first-order chi connectivity index (χ1) is 18.2. The molecular formula is C27H26Cl2NO7PS. The van der Waals surface area contributed by atoms with Crippen molar-refractivity contribution in [2.75, 3.05) is 12.4 Å². The lowest BCUT2D eigenvalue weighted by Crippen LogP contribution is -2.42. The van der Waals surface area contributed by atoms with Crippen molar-refractivity contribution in [2.24, 2.45) is 0 Å². The molecule has 0 saturated heterocycles. The van der Waals surface area contributed by atoms with Gasteiger partial charge in [0.25, 0.3) is 5.91 Å². The lowest BCUT2D eigenvalue weighted by molar-refractivity contribution is -0.139. The van der Waals surface area contributed by atoms with E-state index in [-0.39, 0.29) is 32.7 Å². The summed E-state index contributed by atoms with van der Waals surface area (Å²) in [6, 6.07) is 13.5. The Hall–Kier alpha value is -3.10. The number of halogens is 2. The van der Waals surface area contributed by atoms with Crippen molar-refractivity contribution in [1.82, 2.24) is 5.32 Å². The molecule has 2 atom stereocenters. The van der Waals surface area contributed by atoms with Gasteiger partial charge in [-0.15, -0.1) is 0 Å². The summed E-state index contributed by atoms with van der Waals surface area (Å²) in [5.74, 6) is -0.638. The zero-order valence-corrected chi connectivity index (χ0v) is 24.2. The Balaban J connectivity index is 1.84. The maximum atomic E-state index is 13.4. The van der Waals surface area contributed by atoms with Crippen LogP contribution in [0.4, 0.5) is 0 Å². The van der Waals surface area contributed by atoms with E-state index in [1.807, 2.05) is 0 Å². The average molecular weight is 610 g/mol. The Kier molecular flexibility index (Phi) is 9.67. The summed E-state index contributed by atoms with van der Waals surface area (Å²) in [4.78, 5) is 24.9. The fraction of sp³-hybridized carbons (Fsp3) is 0.185. The monoisotopic (exact) mass is 609 g/mol. The van der Waals surface area contributed by atoms with Crippen LogP contribution in [0.1, 0.15) is 28.4 Å². The van der Waals surface area contributed by atoms with Gasteiger partial charge < -0.3 is 20.1 Å². The van der Waals surface area contributed by atoms with Crippen LogP contribution in [-0.4, -0.2) is 49.0 Å². The minimum Gasteiger partial charge on any atom is -0.508 e.